The van der Waals surface area contributed by atoms with Gasteiger partial charge in [-0.2, -0.15) is 0 Å². The highest BCUT2D eigenvalue weighted by molar-refractivity contribution is 7.14. The summed E-state index contributed by atoms with van der Waals surface area (Å²) in [4.78, 5) is 4.69. The molecule has 1 heterocycles. The Balaban J connectivity index is 1.81. The van der Waals surface area contributed by atoms with Crippen LogP contribution in [0.25, 0.3) is 11.3 Å². The van der Waals surface area contributed by atoms with Crippen molar-refractivity contribution in [1.82, 2.24) is 4.98 Å². The van der Waals surface area contributed by atoms with Crippen molar-refractivity contribution < 1.29 is 0 Å². The molecule has 0 radical (unpaired) electrons. The summed E-state index contributed by atoms with van der Waals surface area (Å²) < 4.78 is 0. The molecule has 0 amide bonds. The summed E-state index contributed by atoms with van der Waals surface area (Å²) >= 11 is 7.76. The van der Waals surface area contributed by atoms with Crippen molar-refractivity contribution in [2.24, 2.45) is 0 Å². The Morgan fingerprint density at radius 1 is 1.09 bits per heavy atom. The van der Waals surface area contributed by atoms with Gasteiger partial charge in [0, 0.05) is 21.7 Å². The first-order chi connectivity index (χ1) is 11.0. The summed E-state index contributed by atoms with van der Waals surface area (Å²) in [6, 6.07) is 14.5. The lowest BCUT2D eigenvalue weighted by atomic mass is 10.0. The van der Waals surface area contributed by atoms with Crippen LogP contribution in [-0.2, 0) is 0 Å². The van der Waals surface area contributed by atoms with Gasteiger partial charge in [0.25, 0.3) is 0 Å². The zero-order valence-electron chi connectivity index (χ0n) is 13.4. The van der Waals surface area contributed by atoms with E-state index in [4.69, 9.17) is 11.6 Å². The van der Waals surface area contributed by atoms with Crippen LogP contribution in [0, 0.1) is 6.92 Å². The fourth-order valence-corrected chi connectivity index (χ4v) is 3.27. The number of aromatic nitrogens is 1. The minimum absolute atomic E-state index is 0.544. The van der Waals surface area contributed by atoms with E-state index in [-0.39, 0.29) is 0 Å². The normalized spacial score (nSPS) is 11.0. The zero-order chi connectivity index (χ0) is 16.4. The molecule has 3 rings (SSSR count). The van der Waals surface area contributed by atoms with Gasteiger partial charge >= 0.3 is 0 Å². The van der Waals surface area contributed by atoms with Crippen LogP contribution in [-0.4, -0.2) is 4.98 Å². The van der Waals surface area contributed by atoms with Gasteiger partial charge in [-0.1, -0.05) is 55.8 Å². The Bertz CT molecular complexity index is 806. The van der Waals surface area contributed by atoms with Crippen molar-refractivity contribution in [2.45, 2.75) is 26.7 Å². The van der Waals surface area contributed by atoms with Crippen LogP contribution in [0.3, 0.4) is 0 Å². The Labute approximate surface area is 146 Å². The molecule has 1 aromatic heterocycles. The van der Waals surface area contributed by atoms with Crippen molar-refractivity contribution in [1.29, 1.82) is 0 Å². The van der Waals surface area contributed by atoms with E-state index in [0.717, 1.165) is 32.7 Å². The lowest BCUT2D eigenvalue weighted by Gasteiger charge is -2.07. The average molecular weight is 343 g/mol. The maximum absolute atomic E-state index is 6.16. The van der Waals surface area contributed by atoms with Crippen molar-refractivity contribution in [3.8, 4) is 11.3 Å². The van der Waals surface area contributed by atoms with Crippen LogP contribution in [0.5, 0.6) is 0 Å². The molecule has 0 aliphatic heterocycles. The molecule has 3 aromatic rings. The number of rotatable bonds is 4. The van der Waals surface area contributed by atoms with Crippen LogP contribution in [0.2, 0.25) is 5.02 Å². The Hall–Kier alpha value is -1.84. The van der Waals surface area contributed by atoms with Crippen molar-refractivity contribution in [3.63, 3.8) is 0 Å². The molecule has 0 fully saturated rings. The minimum Gasteiger partial charge on any atom is -0.331 e. The first-order valence-corrected chi connectivity index (χ1v) is 8.88. The van der Waals surface area contributed by atoms with Gasteiger partial charge < -0.3 is 5.32 Å². The Morgan fingerprint density at radius 2 is 1.83 bits per heavy atom. The van der Waals surface area contributed by atoms with E-state index in [1.807, 2.05) is 25.1 Å². The summed E-state index contributed by atoms with van der Waals surface area (Å²) in [5.74, 6) is 0.544. The topological polar surface area (TPSA) is 24.9 Å². The standard InChI is InChI=1S/C19H19ClN2S/c1-12(2)14-7-9-15(10-8-14)18-11-23-19(22-18)21-17-6-4-5-16(20)13(17)3/h4-12H,1-3H3,(H,21,22). The highest BCUT2D eigenvalue weighted by Gasteiger charge is 2.08. The molecule has 0 spiro atoms. The molecule has 0 saturated carbocycles. The summed E-state index contributed by atoms with van der Waals surface area (Å²) in [7, 11) is 0. The number of halogens is 1. The molecule has 0 unspecified atom stereocenters. The largest absolute Gasteiger partial charge is 0.331 e. The molecule has 2 aromatic carbocycles. The third kappa shape index (κ3) is 3.57. The first-order valence-electron chi connectivity index (χ1n) is 7.62. The van der Waals surface area contributed by atoms with Crippen molar-refractivity contribution in [3.05, 3.63) is 64.0 Å². The van der Waals surface area contributed by atoms with Crippen LogP contribution < -0.4 is 5.32 Å². The Kier molecular flexibility index (Phi) is 4.69. The van der Waals surface area contributed by atoms with Crippen LogP contribution >= 0.6 is 22.9 Å². The van der Waals surface area contributed by atoms with Gasteiger partial charge in [-0.05, 0) is 36.1 Å². The number of thiazole rings is 1. The van der Waals surface area contributed by atoms with E-state index in [9.17, 15) is 0 Å². The molecule has 0 aliphatic carbocycles. The number of nitrogens with one attached hydrogen (secondary N) is 1. The van der Waals surface area contributed by atoms with Gasteiger partial charge in [-0.15, -0.1) is 11.3 Å². The molecule has 0 bridgehead atoms. The van der Waals surface area contributed by atoms with Crippen LogP contribution in [0.1, 0.15) is 30.9 Å². The minimum atomic E-state index is 0.544. The molecule has 0 atom stereocenters. The van der Waals surface area contributed by atoms with E-state index in [2.05, 4.69) is 53.8 Å². The molecule has 0 saturated heterocycles. The predicted octanol–water partition coefficient (Wildman–Crippen LogP) is 6.64. The molecule has 23 heavy (non-hydrogen) atoms. The maximum atomic E-state index is 6.16. The van der Waals surface area contributed by atoms with E-state index in [1.165, 1.54) is 5.56 Å². The lowest BCUT2D eigenvalue weighted by Crippen LogP contribution is -1.93. The van der Waals surface area contributed by atoms with Gasteiger partial charge in [-0.3, -0.25) is 0 Å². The second kappa shape index (κ2) is 6.73. The second-order valence-corrected chi connectivity index (χ2v) is 7.12. The zero-order valence-corrected chi connectivity index (χ0v) is 15.0. The number of hydrogen-bond donors (Lipinski definition) is 1. The summed E-state index contributed by atoms with van der Waals surface area (Å²) in [6.07, 6.45) is 0. The average Bonchev–Trinajstić information content (AvgIpc) is 3.00. The molecule has 1 N–H and O–H groups in total. The van der Waals surface area contributed by atoms with Gasteiger partial charge in [0.2, 0.25) is 0 Å². The molecule has 2 nitrogen and oxygen atoms in total. The number of nitrogens with zero attached hydrogens (tertiary/aromatic N) is 1. The summed E-state index contributed by atoms with van der Waals surface area (Å²) in [5.41, 5.74) is 5.51. The molecule has 118 valence electrons. The highest BCUT2D eigenvalue weighted by atomic mass is 35.5. The number of anilines is 2. The van der Waals surface area contributed by atoms with Gasteiger partial charge in [0.1, 0.15) is 0 Å². The molecule has 0 aliphatic rings. The fourth-order valence-electron chi connectivity index (χ4n) is 2.36. The van der Waals surface area contributed by atoms with Gasteiger partial charge in [-0.25, -0.2) is 4.98 Å². The fraction of sp³-hybridized carbons (Fsp3) is 0.211. The summed E-state index contributed by atoms with van der Waals surface area (Å²) in [6.45, 7) is 6.41. The lowest BCUT2D eigenvalue weighted by molar-refractivity contribution is 0.867. The van der Waals surface area contributed by atoms with E-state index < -0.39 is 0 Å². The van der Waals surface area contributed by atoms with Crippen LogP contribution in [0.4, 0.5) is 10.8 Å². The van der Waals surface area contributed by atoms with Crippen molar-refractivity contribution >= 4 is 33.8 Å². The van der Waals surface area contributed by atoms with Gasteiger partial charge in [0.15, 0.2) is 5.13 Å². The predicted molar refractivity (Wildman–Crippen MR) is 101 cm³/mol. The van der Waals surface area contributed by atoms with E-state index >= 15 is 0 Å². The third-order valence-electron chi connectivity index (χ3n) is 3.89. The Morgan fingerprint density at radius 3 is 2.52 bits per heavy atom. The smallest absolute Gasteiger partial charge is 0.187 e. The van der Waals surface area contributed by atoms with Crippen molar-refractivity contribution in [2.75, 3.05) is 5.32 Å². The molecule has 4 heteroatoms. The quantitative estimate of drug-likeness (QED) is 0.574. The second-order valence-electron chi connectivity index (χ2n) is 5.85. The number of hydrogen-bond acceptors (Lipinski definition) is 3. The molecular weight excluding hydrogens is 324 g/mol. The number of benzene rings is 2. The third-order valence-corrected chi connectivity index (χ3v) is 5.05. The van der Waals surface area contributed by atoms with E-state index in [0.29, 0.717) is 5.92 Å². The summed E-state index contributed by atoms with van der Waals surface area (Å²) in [5, 5.41) is 7.07. The SMILES string of the molecule is Cc1c(Cl)cccc1Nc1nc(-c2ccc(C(C)C)cc2)cs1. The van der Waals surface area contributed by atoms with E-state index in [1.54, 1.807) is 11.3 Å². The first kappa shape index (κ1) is 16.0. The van der Waals surface area contributed by atoms with Gasteiger partial charge in [0.05, 0.1) is 5.69 Å². The highest BCUT2D eigenvalue weighted by Crippen LogP contribution is 2.30. The monoisotopic (exact) mass is 342 g/mol. The molecular formula is C19H19ClN2S. The van der Waals surface area contributed by atoms with Crippen LogP contribution in [0.15, 0.2) is 47.8 Å². The maximum Gasteiger partial charge on any atom is 0.187 e.